The number of anilines is 2. The topological polar surface area (TPSA) is 55.1 Å². The molecule has 1 heterocycles. The van der Waals surface area contributed by atoms with Crippen LogP contribution < -0.4 is 11.1 Å². The Labute approximate surface area is 119 Å². The smallest absolute Gasteiger partial charge is 0.225 e. The molecule has 0 saturated carbocycles. The Bertz CT molecular complexity index is 558. The van der Waals surface area contributed by atoms with Crippen molar-refractivity contribution in [3.05, 3.63) is 41.5 Å². The Morgan fingerprint density at radius 3 is 2.95 bits per heavy atom. The lowest BCUT2D eigenvalue weighted by molar-refractivity contribution is -0.115. The molecular formula is C13H13FN2OS2. The number of nitrogens with two attached hydrogens (primary N) is 1. The van der Waals surface area contributed by atoms with Crippen LogP contribution in [-0.4, -0.2) is 11.7 Å². The predicted octanol–water partition coefficient (Wildman–Crippen LogP) is 3.59. The van der Waals surface area contributed by atoms with E-state index in [4.69, 9.17) is 5.73 Å². The molecule has 2 aromatic rings. The first-order valence-corrected chi connectivity index (χ1v) is 7.53. The third kappa shape index (κ3) is 4.25. The van der Waals surface area contributed by atoms with E-state index in [2.05, 4.69) is 5.32 Å². The molecule has 1 amide bonds. The predicted molar refractivity (Wildman–Crippen MR) is 79.1 cm³/mol. The molecule has 0 atom stereocenters. The van der Waals surface area contributed by atoms with Gasteiger partial charge in [0.1, 0.15) is 5.82 Å². The first-order chi connectivity index (χ1) is 9.15. The van der Waals surface area contributed by atoms with E-state index in [-0.39, 0.29) is 11.6 Å². The standard InChI is InChI=1S/C13H13FN2OS2/c14-9-3-4-11(10(15)8-9)16-12(17)5-7-19-13-2-1-6-18-13/h1-4,6,8H,5,7,15H2,(H,16,17). The summed E-state index contributed by atoms with van der Waals surface area (Å²) in [5, 5.41) is 4.68. The zero-order chi connectivity index (χ0) is 13.7. The van der Waals surface area contributed by atoms with Crippen molar-refractivity contribution in [2.45, 2.75) is 10.6 Å². The largest absolute Gasteiger partial charge is 0.397 e. The minimum absolute atomic E-state index is 0.123. The number of hydrogen-bond acceptors (Lipinski definition) is 4. The van der Waals surface area contributed by atoms with Crippen LogP contribution in [0.2, 0.25) is 0 Å². The summed E-state index contributed by atoms with van der Waals surface area (Å²) in [5.41, 5.74) is 6.30. The highest BCUT2D eigenvalue weighted by atomic mass is 32.2. The van der Waals surface area contributed by atoms with Gasteiger partial charge in [-0.25, -0.2) is 4.39 Å². The summed E-state index contributed by atoms with van der Waals surface area (Å²) in [7, 11) is 0. The van der Waals surface area contributed by atoms with Gasteiger partial charge in [-0.05, 0) is 29.6 Å². The Morgan fingerprint density at radius 2 is 2.26 bits per heavy atom. The maximum absolute atomic E-state index is 12.8. The number of rotatable bonds is 5. The van der Waals surface area contributed by atoms with Gasteiger partial charge in [0, 0.05) is 12.2 Å². The quantitative estimate of drug-likeness (QED) is 0.655. The number of nitrogen functional groups attached to an aromatic ring is 1. The third-order valence-corrected chi connectivity index (χ3v) is 4.49. The number of hydrogen-bond donors (Lipinski definition) is 2. The fourth-order valence-electron chi connectivity index (χ4n) is 1.45. The molecule has 0 bridgehead atoms. The number of halogens is 1. The van der Waals surface area contributed by atoms with Crippen molar-refractivity contribution in [2.24, 2.45) is 0 Å². The highest BCUT2D eigenvalue weighted by molar-refractivity contribution is 8.01. The molecule has 0 spiro atoms. The van der Waals surface area contributed by atoms with Crippen molar-refractivity contribution in [1.29, 1.82) is 0 Å². The van der Waals surface area contributed by atoms with E-state index in [1.807, 2.05) is 17.5 Å². The molecule has 19 heavy (non-hydrogen) atoms. The van der Waals surface area contributed by atoms with E-state index in [1.54, 1.807) is 23.1 Å². The van der Waals surface area contributed by atoms with E-state index in [0.717, 1.165) is 0 Å². The number of carbonyl (C=O) groups is 1. The molecule has 1 aromatic carbocycles. The molecule has 0 aliphatic rings. The second-order valence-corrected chi connectivity index (χ2v) is 6.15. The van der Waals surface area contributed by atoms with Crippen molar-refractivity contribution >= 4 is 40.4 Å². The molecule has 0 aliphatic heterocycles. The Hall–Kier alpha value is -1.53. The van der Waals surface area contributed by atoms with Crippen LogP contribution >= 0.6 is 23.1 Å². The molecule has 0 saturated heterocycles. The number of thioether (sulfide) groups is 1. The average molecular weight is 296 g/mol. The van der Waals surface area contributed by atoms with Gasteiger partial charge in [-0.3, -0.25) is 4.79 Å². The van der Waals surface area contributed by atoms with Gasteiger partial charge in [-0.15, -0.1) is 23.1 Å². The normalized spacial score (nSPS) is 10.4. The van der Waals surface area contributed by atoms with E-state index < -0.39 is 5.82 Å². The number of amides is 1. The maximum atomic E-state index is 12.8. The molecule has 0 fully saturated rings. The first-order valence-electron chi connectivity index (χ1n) is 5.66. The molecule has 0 unspecified atom stereocenters. The number of thiophene rings is 1. The summed E-state index contributed by atoms with van der Waals surface area (Å²) in [6.07, 6.45) is 0.388. The van der Waals surface area contributed by atoms with Gasteiger partial charge in [-0.1, -0.05) is 6.07 Å². The average Bonchev–Trinajstić information content (AvgIpc) is 2.86. The maximum Gasteiger partial charge on any atom is 0.225 e. The summed E-state index contributed by atoms with van der Waals surface area (Å²) in [6, 6.07) is 7.93. The van der Waals surface area contributed by atoms with Gasteiger partial charge in [0.2, 0.25) is 5.91 Å². The monoisotopic (exact) mass is 296 g/mol. The molecule has 0 aliphatic carbocycles. The van der Waals surface area contributed by atoms with Gasteiger partial charge in [0.25, 0.3) is 0 Å². The van der Waals surface area contributed by atoms with Gasteiger partial charge >= 0.3 is 0 Å². The first kappa shape index (κ1) is 13.9. The van der Waals surface area contributed by atoms with Crippen LogP contribution in [0, 0.1) is 5.82 Å². The van der Waals surface area contributed by atoms with E-state index in [0.29, 0.717) is 17.9 Å². The van der Waals surface area contributed by atoms with Gasteiger partial charge in [-0.2, -0.15) is 0 Å². The fourth-order valence-corrected chi connectivity index (χ4v) is 3.25. The van der Waals surface area contributed by atoms with Crippen LogP contribution in [0.4, 0.5) is 15.8 Å². The SMILES string of the molecule is Nc1cc(F)ccc1NC(=O)CCSc1cccs1. The molecule has 6 heteroatoms. The van der Waals surface area contributed by atoms with Gasteiger partial charge < -0.3 is 11.1 Å². The summed E-state index contributed by atoms with van der Waals surface area (Å²) in [6.45, 7) is 0. The van der Waals surface area contributed by atoms with Crippen molar-refractivity contribution in [3.63, 3.8) is 0 Å². The lowest BCUT2D eigenvalue weighted by atomic mass is 10.2. The lowest BCUT2D eigenvalue weighted by Gasteiger charge is -2.07. The van der Waals surface area contributed by atoms with Crippen LogP contribution in [0.3, 0.4) is 0 Å². The second-order valence-electron chi connectivity index (χ2n) is 3.81. The minimum atomic E-state index is -0.413. The van der Waals surface area contributed by atoms with E-state index >= 15 is 0 Å². The molecule has 100 valence electrons. The zero-order valence-corrected chi connectivity index (χ0v) is 11.7. The minimum Gasteiger partial charge on any atom is -0.397 e. The fraction of sp³-hybridized carbons (Fsp3) is 0.154. The summed E-state index contributed by atoms with van der Waals surface area (Å²) in [4.78, 5) is 11.7. The summed E-state index contributed by atoms with van der Waals surface area (Å²) >= 11 is 3.29. The van der Waals surface area contributed by atoms with Crippen molar-refractivity contribution in [1.82, 2.24) is 0 Å². The van der Waals surface area contributed by atoms with Crippen LogP contribution in [0.1, 0.15) is 6.42 Å². The van der Waals surface area contributed by atoms with Crippen LogP contribution in [0.15, 0.2) is 39.9 Å². The number of carbonyl (C=O) groups excluding carboxylic acids is 1. The van der Waals surface area contributed by atoms with Crippen molar-refractivity contribution < 1.29 is 9.18 Å². The molecule has 1 aromatic heterocycles. The molecule has 0 radical (unpaired) electrons. The molecule has 3 nitrogen and oxygen atoms in total. The van der Waals surface area contributed by atoms with Gasteiger partial charge in [0.05, 0.1) is 15.6 Å². The van der Waals surface area contributed by atoms with Crippen molar-refractivity contribution in [3.8, 4) is 0 Å². The van der Waals surface area contributed by atoms with Crippen LogP contribution in [0.5, 0.6) is 0 Å². The highest BCUT2D eigenvalue weighted by Gasteiger charge is 2.06. The summed E-state index contributed by atoms with van der Waals surface area (Å²) in [5.74, 6) is 0.166. The molecular weight excluding hydrogens is 283 g/mol. The third-order valence-electron chi connectivity index (χ3n) is 2.36. The lowest BCUT2D eigenvalue weighted by Crippen LogP contribution is -2.13. The van der Waals surface area contributed by atoms with Crippen LogP contribution in [-0.2, 0) is 4.79 Å². The Kier molecular flexibility index (Phi) is 4.81. The van der Waals surface area contributed by atoms with E-state index in [9.17, 15) is 9.18 Å². The molecule has 2 rings (SSSR count). The Balaban J connectivity index is 1.80. The number of nitrogens with one attached hydrogen (secondary N) is 1. The molecule has 3 N–H and O–H groups in total. The van der Waals surface area contributed by atoms with Crippen molar-refractivity contribution in [2.75, 3.05) is 16.8 Å². The van der Waals surface area contributed by atoms with Gasteiger partial charge in [0.15, 0.2) is 0 Å². The van der Waals surface area contributed by atoms with Crippen LogP contribution in [0.25, 0.3) is 0 Å². The number of benzene rings is 1. The Morgan fingerprint density at radius 1 is 1.42 bits per heavy atom. The van der Waals surface area contributed by atoms with E-state index in [1.165, 1.54) is 22.4 Å². The second kappa shape index (κ2) is 6.58. The highest BCUT2D eigenvalue weighted by Crippen LogP contribution is 2.24. The summed E-state index contributed by atoms with van der Waals surface area (Å²) < 4.78 is 14.0. The zero-order valence-electron chi connectivity index (χ0n) is 10.1.